The number of benzene rings is 2. The highest BCUT2D eigenvalue weighted by Crippen LogP contribution is 2.21. The van der Waals surface area contributed by atoms with Gasteiger partial charge >= 0.3 is 0 Å². The topological polar surface area (TPSA) is 93.7 Å². The fourth-order valence-corrected chi connectivity index (χ4v) is 3.03. The highest BCUT2D eigenvalue weighted by Gasteiger charge is 2.14. The van der Waals surface area contributed by atoms with Gasteiger partial charge in [0.05, 0.1) is 12.0 Å². The third-order valence-corrected chi connectivity index (χ3v) is 4.69. The molecule has 2 rings (SSSR count). The minimum atomic E-state index is -3.73. The van der Waals surface area contributed by atoms with Crippen molar-refractivity contribution >= 4 is 21.6 Å². The van der Waals surface area contributed by atoms with E-state index in [1.54, 1.807) is 30.3 Å². The minimum Gasteiger partial charge on any atom is -0.497 e. The third-order valence-electron chi connectivity index (χ3n) is 3.29. The fourth-order valence-electron chi connectivity index (χ4n) is 1.97. The minimum absolute atomic E-state index is 0.0803. The number of rotatable bonds is 9. The van der Waals surface area contributed by atoms with Crippen LogP contribution in [0.1, 0.15) is 0 Å². The first-order valence-corrected chi connectivity index (χ1v) is 9.20. The van der Waals surface area contributed by atoms with Crippen molar-refractivity contribution < 1.29 is 22.7 Å². The van der Waals surface area contributed by atoms with E-state index in [-0.39, 0.29) is 17.4 Å². The van der Waals surface area contributed by atoms with Crippen LogP contribution < -0.4 is 19.5 Å². The molecule has 2 N–H and O–H groups in total. The summed E-state index contributed by atoms with van der Waals surface area (Å²) in [6.45, 7) is 3.69. The summed E-state index contributed by atoms with van der Waals surface area (Å²) >= 11 is 0. The normalized spacial score (nSPS) is 10.7. The van der Waals surface area contributed by atoms with Gasteiger partial charge in [-0.3, -0.25) is 9.52 Å². The molecule has 0 fully saturated rings. The number of anilines is 1. The Bertz CT molecular complexity index is 846. The average molecular weight is 376 g/mol. The van der Waals surface area contributed by atoms with Gasteiger partial charge in [0.2, 0.25) is 0 Å². The van der Waals surface area contributed by atoms with Gasteiger partial charge in [-0.15, -0.1) is 6.58 Å². The smallest absolute Gasteiger partial charge is 0.261 e. The van der Waals surface area contributed by atoms with Gasteiger partial charge in [-0.1, -0.05) is 6.08 Å². The third kappa shape index (κ3) is 5.52. The second-order valence-electron chi connectivity index (χ2n) is 5.19. The van der Waals surface area contributed by atoms with Crippen molar-refractivity contribution in [1.29, 1.82) is 0 Å². The number of hydrogen-bond acceptors (Lipinski definition) is 5. The average Bonchev–Trinajstić information content (AvgIpc) is 2.65. The Labute approximate surface area is 152 Å². The second kappa shape index (κ2) is 8.91. The molecule has 1 amide bonds. The van der Waals surface area contributed by atoms with E-state index in [4.69, 9.17) is 9.47 Å². The molecular weight excluding hydrogens is 356 g/mol. The lowest BCUT2D eigenvalue weighted by Gasteiger charge is -2.10. The van der Waals surface area contributed by atoms with Crippen molar-refractivity contribution in [3.8, 4) is 11.5 Å². The summed E-state index contributed by atoms with van der Waals surface area (Å²) < 4.78 is 37.6. The van der Waals surface area contributed by atoms with E-state index < -0.39 is 10.0 Å². The Balaban J connectivity index is 1.99. The molecule has 0 bridgehead atoms. The van der Waals surface area contributed by atoms with Gasteiger partial charge in [0, 0.05) is 12.2 Å². The number of sulfonamides is 1. The van der Waals surface area contributed by atoms with Gasteiger partial charge in [0.25, 0.3) is 15.9 Å². The zero-order valence-electron chi connectivity index (χ0n) is 14.3. The lowest BCUT2D eigenvalue weighted by molar-refractivity contribution is -0.122. The highest BCUT2D eigenvalue weighted by molar-refractivity contribution is 7.92. The first kappa shape index (κ1) is 19.3. The molecule has 2 aromatic rings. The number of carbonyl (C=O) groups excluding carboxylic acids is 1. The van der Waals surface area contributed by atoms with Gasteiger partial charge in [-0.2, -0.15) is 0 Å². The summed E-state index contributed by atoms with van der Waals surface area (Å²) in [6.07, 6.45) is 1.56. The number of amides is 1. The van der Waals surface area contributed by atoms with Gasteiger partial charge in [0.15, 0.2) is 6.61 Å². The van der Waals surface area contributed by atoms with Gasteiger partial charge in [-0.05, 0) is 48.5 Å². The van der Waals surface area contributed by atoms with E-state index in [0.29, 0.717) is 23.7 Å². The van der Waals surface area contributed by atoms with Crippen molar-refractivity contribution in [3.05, 3.63) is 61.2 Å². The number of hydrogen-bond donors (Lipinski definition) is 2. The molecule has 7 nitrogen and oxygen atoms in total. The fraction of sp³-hybridized carbons (Fsp3) is 0.167. The maximum absolute atomic E-state index is 12.4. The monoisotopic (exact) mass is 376 g/mol. The molecule has 8 heteroatoms. The Morgan fingerprint density at radius 3 is 2.27 bits per heavy atom. The number of ether oxygens (including phenoxy) is 2. The molecule has 0 heterocycles. The highest BCUT2D eigenvalue weighted by atomic mass is 32.2. The molecular formula is C18H20N2O5S. The molecule has 0 aromatic heterocycles. The summed E-state index contributed by atoms with van der Waals surface area (Å²) in [5, 5.41) is 2.58. The Kier molecular flexibility index (Phi) is 6.62. The molecule has 0 spiro atoms. The Morgan fingerprint density at radius 2 is 1.69 bits per heavy atom. The first-order chi connectivity index (χ1) is 12.4. The van der Waals surface area contributed by atoms with Crippen LogP contribution in [0.3, 0.4) is 0 Å². The molecule has 0 unspecified atom stereocenters. The van der Waals surface area contributed by atoms with E-state index >= 15 is 0 Å². The van der Waals surface area contributed by atoms with Crippen molar-refractivity contribution in [2.24, 2.45) is 0 Å². The van der Waals surface area contributed by atoms with Gasteiger partial charge in [0.1, 0.15) is 11.5 Å². The molecule has 26 heavy (non-hydrogen) atoms. The van der Waals surface area contributed by atoms with Crippen LogP contribution in [0, 0.1) is 0 Å². The molecule has 0 saturated heterocycles. The Morgan fingerprint density at radius 1 is 1.08 bits per heavy atom. The van der Waals surface area contributed by atoms with Crippen molar-refractivity contribution in [2.75, 3.05) is 25.0 Å². The van der Waals surface area contributed by atoms with Crippen LogP contribution in [0.25, 0.3) is 0 Å². The van der Waals surface area contributed by atoms with Crippen LogP contribution in [0.5, 0.6) is 11.5 Å². The van der Waals surface area contributed by atoms with Crippen molar-refractivity contribution in [1.82, 2.24) is 5.32 Å². The van der Waals surface area contributed by atoms with E-state index in [9.17, 15) is 13.2 Å². The van der Waals surface area contributed by atoms with Crippen molar-refractivity contribution in [2.45, 2.75) is 4.90 Å². The summed E-state index contributed by atoms with van der Waals surface area (Å²) in [5.74, 6) is 0.733. The van der Waals surface area contributed by atoms with E-state index in [2.05, 4.69) is 16.6 Å². The van der Waals surface area contributed by atoms with Crippen LogP contribution >= 0.6 is 0 Å². The first-order valence-electron chi connectivity index (χ1n) is 7.72. The molecule has 0 aliphatic heterocycles. The SMILES string of the molecule is C=CCNC(=O)COc1ccc(S(=O)(=O)Nc2ccc(OC)cc2)cc1. The van der Waals surface area contributed by atoms with Crippen LogP contribution in [0.15, 0.2) is 66.1 Å². The van der Waals surface area contributed by atoms with Gasteiger partial charge < -0.3 is 14.8 Å². The zero-order chi connectivity index (χ0) is 19.0. The largest absolute Gasteiger partial charge is 0.497 e. The van der Waals surface area contributed by atoms with Crippen LogP contribution in [-0.2, 0) is 14.8 Å². The zero-order valence-corrected chi connectivity index (χ0v) is 15.1. The van der Waals surface area contributed by atoms with E-state index in [1.807, 2.05) is 0 Å². The molecule has 0 aliphatic carbocycles. The van der Waals surface area contributed by atoms with Crippen LogP contribution in [0.4, 0.5) is 5.69 Å². The van der Waals surface area contributed by atoms with Crippen molar-refractivity contribution in [3.63, 3.8) is 0 Å². The second-order valence-corrected chi connectivity index (χ2v) is 6.87. The molecule has 2 aromatic carbocycles. The number of nitrogens with one attached hydrogen (secondary N) is 2. The maximum Gasteiger partial charge on any atom is 0.261 e. The summed E-state index contributed by atoms with van der Waals surface area (Å²) in [4.78, 5) is 11.5. The summed E-state index contributed by atoms with van der Waals surface area (Å²) in [5.41, 5.74) is 0.421. The maximum atomic E-state index is 12.4. The lowest BCUT2D eigenvalue weighted by Crippen LogP contribution is -2.28. The lowest BCUT2D eigenvalue weighted by atomic mass is 10.3. The van der Waals surface area contributed by atoms with E-state index in [0.717, 1.165) is 0 Å². The molecule has 0 radical (unpaired) electrons. The summed E-state index contributed by atoms with van der Waals surface area (Å²) in [6, 6.07) is 12.3. The number of carbonyl (C=O) groups is 1. The summed E-state index contributed by atoms with van der Waals surface area (Å²) in [7, 11) is -2.20. The molecule has 0 saturated carbocycles. The molecule has 0 atom stereocenters. The van der Waals surface area contributed by atoms with Crippen LogP contribution in [-0.4, -0.2) is 34.6 Å². The number of methoxy groups -OCH3 is 1. The van der Waals surface area contributed by atoms with E-state index in [1.165, 1.54) is 31.4 Å². The standard InChI is InChI=1S/C18H20N2O5S/c1-3-12-19-18(21)13-25-16-8-10-17(11-9-16)26(22,23)20-14-4-6-15(24-2)7-5-14/h3-11,20H,1,12-13H2,2H3,(H,19,21). The Hall–Kier alpha value is -3.00. The predicted molar refractivity (Wildman–Crippen MR) is 98.9 cm³/mol. The molecule has 138 valence electrons. The predicted octanol–water partition coefficient (Wildman–Crippen LogP) is 2.18. The quantitative estimate of drug-likeness (QED) is 0.654. The molecule has 0 aliphatic rings. The van der Waals surface area contributed by atoms with Crippen LogP contribution in [0.2, 0.25) is 0 Å². The van der Waals surface area contributed by atoms with Gasteiger partial charge in [-0.25, -0.2) is 8.42 Å².